The summed E-state index contributed by atoms with van der Waals surface area (Å²) < 4.78 is 7.57. The Labute approximate surface area is 164 Å². The number of pyridine rings is 1. The zero-order valence-electron chi connectivity index (χ0n) is 16.2. The molecule has 1 aromatic heterocycles. The van der Waals surface area contributed by atoms with Gasteiger partial charge in [-0.05, 0) is 29.3 Å². The molecular weight excluding hydrogens is 352 g/mol. The van der Waals surface area contributed by atoms with Crippen LogP contribution in [0.15, 0.2) is 59.4 Å². The van der Waals surface area contributed by atoms with Gasteiger partial charge in [-0.1, -0.05) is 42.5 Å². The summed E-state index contributed by atoms with van der Waals surface area (Å²) in [4.78, 5) is 26.6. The second-order valence-electron chi connectivity index (χ2n) is 7.41. The molecule has 0 saturated carbocycles. The lowest BCUT2D eigenvalue weighted by atomic mass is 10.0. The summed E-state index contributed by atoms with van der Waals surface area (Å²) in [7, 11) is 1.74. The Hall–Kier alpha value is -3.08. The van der Waals surface area contributed by atoms with Gasteiger partial charge in [0.1, 0.15) is 11.9 Å². The molecule has 5 heteroatoms. The summed E-state index contributed by atoms with van der Waals surface area (Å²) in [6, 6.07) is 17.6. The molecule has 1 atom stereocenters. The number of hydrogen-bond acceptors (Lipinski definition) is 3. The van der Waals surface area contributed by atoms with Gasteiger partial charge in [-0.25, -0.2) is 0 Å². The smallest absolute Gasteiger partial charge is 0.254 e. The summed E-state index contributed by atoms with van der Waals surface area (Å²) in [6.45, 7) is 3.11. The summed E-state index contributed by atoms with van der Waals surface area (Å²) >= 11 is 0. The van der Waals surface area contributed by atoms with E-state index in [9.17, 15) is 9.59 Å². The van der Waals surface area contributed by atoms with E-state index in [1.165, 1.54) is 6.07 Å². The molecule has 2 heterocycles. The SMILES string of the molecule is Cc1cc(OC2CCN(C(=O)Cc3cccc4ccccc34)C2)cc(=O)n1C. The molecule has 144 valence electrons. The zero-order valence-corrected chi connectivity index (χ0v) is 16.2. The number of aryl methyl sites for hydroxylation is 1. The van der Waals surface area contributed by atoms with E-state index in [4.69, 9.17) is 4.74 Å². The number of ether oxygens (including phenoxy) is 1. The maximum Gasteiger partial charge on any atom is 0.254 e. The Morgan fingerprint density at radius 3 is 2.75 bits per heavy atom. The highest BCUT2D eigenvalue weighted by Crippen LogP contribution is 2.22. The standard InChI is InChI=1S/C23H24N2O3/c1-16-12-20(14-22(26)24(16)2)28-19-10-11-25(15-19)23(27)13-18-8-5-7-17-6-3-4-9-21(17)18/h3-9,12,14,19H,10-11,13,15H2,1-2H3. The van der Waals surface area contributed by atoms with Gasteiger partial charge in [-0.2, -0.15) is 0 Å². The highest BCUT2D eigenvalue weighted by Gasteiger charge is 2.28. The molecule has 3 aromatic rings. The van der Waals surface area contributed by atoms with Gasteiger partial charge in [0.2, 0.25) is 5.91 Å². The molecule has 0 bridgehead atoms. The summed E-state index contributed by atoms with van der Waals surface area (Å²) in [5.41, 5.74) is 1.82. The van der Waals surface area contributed by atoms with Gasteiger partial charge in [0.15, 0.2) is 0 Å². The topological polar surface area (TPSA) is 51.5 Å². The number of carbonyl (C=O) groups excluding carboxylic acids is 1. The number of aromatic nitrogens is 1. The fourth-order valence-electron chi connectivity index (χ4n) is 3.77. The Morgan fingerprint density at radius 1 is 1.14 bits per heavy atom. The van der Waals surface area contributed by atoms with Gasteiger partial charge in [0, 0.05) is 31.8 Å². The second-order valence-corrected chi connectivity index (χ2v) is 7.41. The number of fused-ring (bicyclic) bond motifs is 1. The molecule has 28 heavy (non-hydrogen) atoms. The van der Waals surface area contributed by atoms with Crippen molar-refractivity contribution in [2.45, 2.75) is 25.9 Å². The molecule has 1 aliphatic rings. The molecule has 0 aliphatic carbocycles. The number of carbonyl (C=O) groups is 1. The van der Waals surface area contributed by atoms with Crippen LogP contribution in [0.25, 0.3) is 10.8 Å². The fraction of sp³-hybridized carbons (Fsp3) is 0.304. The van der Waals surface area contributed by atoms with E-state index in [1.54, 1.807) is 11.6 Å². The molecule has 2 aromatic carbocycles. The van der Waals surface area contributed by atoms with Crippen LogP contribution in [0, 0.1) is 6.92 Å². The number of amides is 1. The van der Waals surface area contributed by atoms with Crippen molar-refractivity contribution in [3.8, 4) is 5.75 Å². The lowest BCUT2D eigenvalue weighted by Gasteiger charge is -2.18. The maximum atomic E-state index is 12.8. The average Bonchev–Trinajstić information content (AvgIpc) is 3.15. The minimum Gasteiger partial charge on any atom is -0.488 e. The number of likely N-dealkylation sites (tertiary alicyclic amines) is 1. The molecule has 0 N–H and O–H groups in total. The molecule has 1 amide bonds. The largest absolute Gasteiger partial charge is 0.488 e. The predicted molar refractivity (Wildman–Crippen MR) is 110 cm³/mol. The second kappa shape index (κ2) is 7.50. The molecule has 0 radical (unpaired) electrons. The van der Waals surface area contributed by atoms with Crippen LogP contribution in [0.4, 0.5) is 0 Å². The van der Waals surface area contributed by atoms with Gasteiger partial charge < -0.3 is 14.2 Å². The van der Waals surface area contributed by atoms with Crippen molar-refractivity contribution in [1.29, 1.82) is 0 Å². The van der Waals surface area contributed by atoms with Crippen LogP contribution in [0.1, 0.15) is 17.7 Å². The highest BCUT2D eigenvalue weighted by molar-refractivity contribution is 5.90. The third kappa shape index (κ3) is 3.65. The van der Waals surface area contributed by atoms with Crippen LogP contribution in [0.3, 0.4) is 0 Å². The van der Waals surface area contributed by atoms with Gasteiger partial charge in [-0.15, -0.1) is 0 Å². The van der Waals surface area contributed by atoms with Crippen LogP contribution < -0.4 is 10.3 Å². The molecule has 1 unspecified atom stereocenters. The molecule has 0 spiro atoms. The third-order valence-corrected chi connectivity index (χ3v) is 5.50. The molecule has 1 fully saturated rings. The van der Waals surface area contributed by atoms with E-state index in [2.05, 4.69) is 18.2 Å². The highest BCUT2D eigenvalue weighted by atomic mass is 16.5. The van der Waals surface area contributed by atoms with Crippen LogP contribution in [0.2, 0.25) is 0 Å². The summed E-state index contributed by atoms with van der Waals surface area (Å²) in [6.07, 6.45) is 1.08. The van der Waals surface area contributed by atoms with Gasteiger partial charge >= 0.3 is 0 Å². The maximum absolute atomic E-state index is 12.8. The fourth-order valence-corrected chi connectivity index (χ4v) is 3.77. The van der Waals surface area contributed by atoms with E-state index >= 15 is 0 Å². The van der Waals surface area contributed by atoms with Gasteiger partial charge in [-0.3, -0.25) is 9.59 Å². The van der Waals surface area contributed by atoms with Crippen molar-refractivity contribution >= 4 is 16.7 Å². The molecule has 1 aliphatic heterocycles. The molecule has 4 rings (SSSR count). The van der Waals surface area contributed by atoms with E-state index in [0.29, 0.717) is 25.3 Å². The van der Waals surface area contributed by atoms with E-state index < -0.39 is 0 Å². The van der Waals surface area contributed by atoms with E-state index in [1.807, 2.05) is 42.2 Å². The number of hydrogen-bond donors (Lipinski definition) is 0. The monoisotopic (exact) mass is 376 g/mol. The minimum absolute atomic E-state index is 0.0806. The number of rotatable bonds is 4. The van der Waals surface area contributed by atoms with Crippen LogP contribution in [-0.2, 0) is 18.3 Å². The Morgan fingerprint density at radius 2 is 1.93 bits per heavy atom. The van der Waals surface area contributed by atoms with Crippen LogP contribution >= 0.6 is 0 Å². The van der Waals surface area contributed by atoms with Crippen LogP contribution in [0.5, 0.6) is 5.75 Å². The van der Waals surface area contributed by atoms with Gasteiger partial charge in [0.05, 0.1) is 13.0 Å². The van der Waals surface area contributed by atoms with Crippen LogP contribution in [-0.4, -0.2) is 34.6 Å². The normalized spacial score (nSPS) is 16.5. The Kier molecular flexibility index (Phi) is 4.90. The summed E-state index contributed by atoms with van der Waals surface area (Å²) in [5, 5.41) is 2.28. The van der Waals surface area contributed by atoms with Crippen molar-refractivity contribution in [1.82, 2.24) is 9.47 Å². The average molecular weight is 376 g/mol. The molecular formula is C23H24N2O3. The van der Waals surface area contributed by atoms with Gasteiger partial charge in [0.25, 0.3) is 5.56 Å². The number of nitrogens with zero attached hydrogens (tertiary/aromatic N) is 2. The lowest BCUT2D eigenvalue weighted by Crippen LogP contribution is -2.32. The molecule has 1 saturated heterocycles. The number of benzene rings is 2. The first-order valence-electron chi connectivity index (χ1n) is 9.60. The summed E-state index contributed by atoms with van der Waals surface area (Å²) in [5.74, 6) is 0.691. The first-order chi connectivity index (χ1) is 13.5. The predicted octanol–water partition coefficient (Wildman–Crippen LogP) is 3.07. The molecule has 5 nitrogen and oxygen atoms in total. The zero-order chi connectivity index (χ0) is 19.7. The first-order valence-corrected chi connectivity index (χ1v) is 9.60. The van der Waals surface area contributed by atoms with E-state index in [0.717, 1.165) is 28.5 Å². The Balaban J connectivity index is 1.42. The van der Waals surface area contributed by atoms with Crippen molar-refractivity contribution in [3.05, 3.63) is 76.2 Å². The first kappa shape index (κ1) is 18.3. The quantitative estimate of drug-likeness (QED) is 0.703. The van der Waals surface area contributed by atoms with Crippen molar-refractivity contribution in [2.75, 3.05) is 13.1 Å². The van der Waals surface area contributed by atoms with E-state index in [-0.39, 0.29) is 17.6 Å². The van der Waals surface area contributed by atoms with Crippen molar-refractivity contribution in [3.63, 3.8) is 0 Å². The van der Waals surface area contributed by atoms with Crippen molar-refractivity contribution < 1.29 is 9.53 Å². The minimum atomic E-state index is -0.0862. The Bertz CT molecular complexity index is 1080. The van der Waals surface area contributed by atoms with Crippen molar-refractivity contribution in [2.24, 2.45) is 7.05 Å². The third-order valence-electron chi connectivity index (χ3n) is 5.50. The lowest BCUT2D eigenvalue weighted by molar-refractivity contribution is -0.129.